The first-order chi connectivity index (χ1) is 53.2. The van der Waals surface area contributed by atoms with Gasteiger partial charge in [0.2, 0.25) is 0 Å². The van der Waals surface area contributed by atoms with Gasteiger partial charge in [0.25, 0.3) is 0 Å². The maximum Gasteiger partial charge on any atom is 0.472 e. The number of hydrogen-bond donors (Lipinski definition) is 4. The standard InChI is InChI=1S/C91H158O16P2/c1-4-7-10-13-16-19-22-25-28-30-32-34-36-38-40-42-44-46-48-50-52-54-57-59-62-65-68-71-74-77-89(94)101-80-86(92)81-103-108(97,98)104-82-87(93)83-105-109(99,100)106-85-88(107-91(96)79-76-73-70-67-64-61-56-27-24-21-18-15-12-9-6-3)84-102-90(95)78-75-72-69-66-63-60-58-55-53-51-49-47-45-43-41-39-37-35-33-31-29-26-23-20-17-14-11-8-5-2/h9,12,16-21,25-29,32-35,38-41,56,86-88,92-93H,4-8,10-11,13-15,22-24,30-31,36-37,42-55,57-85H2,1-3H3,(H,97,98)(H,99,100)/b12-9-,19-16-,20-17-,21-18-,28-25-,29-26-,34-32-,35-33-,40-38-,41-39-,56-27-. The molecule has 4 N–H and O–H groups in total. The second-order valence-electron chi connectivity index (χ2n) is 29.0. The van der Waals surface area contributed by atoms with Crippen LogP contribution in [0.4, 0.5) is 0 Å². The number of hydrogen-bond acceptors (Lipinski definition) is 14. The molecule has 0 rings (SSSR count). The van der Waals surface area contributed by atoms with Crippen molar-refractivity contribution in [1.29, 1.82) is 0 Å². The lowest BCUT2D eigenvalue weighted by molar-refractivity contribution is -0.161. The van der Waals surface area contributed by atoms with Crippen LogP contribution in [0.2, 0.25) is 0 Å². The average Bonchev–Trinajstić information content (AvgIpc) is 0.904. The van der Waals surface area contributed by atoms with E-state index < -0.39 is 91.5 Å². The number of carbonyl (C=O) groups excluding carboxylic acids is 3. The number of carbonyl (C=O) groups is 3. The third-order valence-corrected chi connectivity index (χ3v) is 20.2. The summed E-state index contributed by atoms with van der Waals surface area (Å²) in [5.41, 5.74) is 0. The quantitative estimate of drug-likeness (QED) is 0.0146. The zero-order valence-corrected chi connectivity index (χ0v) is 70.7. The van der Waals surface area contributed by atoms with E-state index in [1.165, 1.54) is 161 Å². The predicted molar refractivity (Wildman–Crippen MR) is 454 cm³/mol. The molecule has 0 bridgehead atoms. The van der Waals surface area contributed by atoms with E-state index in [9.17, 15) is 43.5 Å². The first-order valence-corrected chi connectivity index (χ1v) is 46.5. The number of esters is 3. The zero-order chi connectivity index (χ0) is 79.4. The third-order valence-electron chi connectivity index (χ3n) is 18.3. The number of rotatable bonds is 82. The molecular weight excluding hydrogens is 1410 g/mol. The summed E-state index contributed by atoms with van der Waals surface area (Å²) in [5.74, 6) is -1.59. The van der Waals surface area contributed by atoms with E-state index in [2.05, 4.69) is 154 Å². The first kappa shape index (κ1) is 105. The van der Waals surface area contributed by atoms with Gasteiger partial charge in [-0.05, 0) is 141 Å². The average molecular weight is 1570 g/mol. The van der Waals surface area contributed by atoms with Crippen molar-refractivity contribution in [3.63, 3.8) is 0 Å². The predicted octanol–water partition coefficient (Wildman–Crippen LogP) is 26.2. The number of allylic oxidation sites excluding steroid dienone is 22. The molecular formula is C91H158O16P2. The van der Waals surface area contributed by atoms with Gasteiger partial charge in [0.15, 0.2) is 6.10 Å². The largest absolute Gasteiger partial charge is 0.472 e. The lowest BCUT2D eigenvalue weighted by Crippen LogP contribution is -2.30. The molecule has 5 unspecified atom stereocenters. The molecule has 0 aromatic heterocycles. The number of unbranched alkanes of at least 4 members (excludes halogenated alkanes) is 37. The number of phosphoric acid groups is 2. The van der Waals surface area contributed by atoms with Crippen LogP contribution < -0.4 is 0 Å². The highest BCUT2D eigenvalue weighted by atomic mass is 31.2. The van der Waals surface area contributed by atoms with Gasteiger partial charge in [0, 0.05) is 19.3 Å². The van der Waals surface area contributed by atoms with E-state index in [0.29, 0.717) is 19.3 Å². The smallest absolute Gasteiger partial charge is 0.463 e. The van der Waals surface area contributed by atoms with Crippen LogP contribution in [-0.4, -0.2) is 95.9 Å². The summed E-state index contributed by atoms with van der Waals surface area (Å²) in [7, 11) is -9.80. The van der Waals surface area contributed by atoms with E-state index in [4.69, 9.17) is 32.3 Å². The third kappa shape index (κ3) is 84.4. The molecule has 0 saturated carbocycles. The van der Waals surface area contributed by atoms with Crippen LogP contribution in [0, 0.1) is 0 Å². The van der Waals surface area contributed by atoms with Crippen molar-refractivity contribution >= 4 is 33.6 Å². The topological polar surface area (TPSA) is 231 Å². The van der Waals surface area contributed by atoms with Crippen LogP contribution in [0.1, 0.15) is 367 Å². The van der Waals surface area contributed by atoms with Crippen molar-refractivity contribution in [1.82, 2.24) is 0 Å². The van der Waals surface area contributed by atoms with Crippen molar-refractivity contribution in [3.8, 4) is 0 Å². The molecule has 0 radical (unpaired) electrons. The summed E-state index contributed by atoms with van der Waals surface area (Å²) in [4.78, 5) is 58.8. The fourth-order valence-electron chi connectivity index (χ4n) is 11.7. The Morgan fingerprint density at radius 1 is 0.266 bits per heavy atom. The van der Waals surface area contributed by atoms with Crippen LogP contribution in [0.25, 0.3) is 0 Å². The molecule has 16 nitrogen and oxygen atoms in total. The molecule has 0 aliphatic heterocycles. The van der Waals surface area contributed by atoms with Gasteiger partial charge in [-0.2, -0.15) is 0 Å². The lowest BCUT2D eigenvalue weighted by atomic mass is 10.0. The zero-order valence-electron chi connectivity index (χ0n) is 68.9. The molecule has 0 fully saturated rings. The van der Waals surface area contributed by atoms with Gasteiger partial charge in [0.1, 0.15) is 25.4 Å². The highest BCUT2D eigenvalue weighted by molar-refractivity contribution is 7.47. The molecule has 628 valence electrons. The monoisotopic (exact) mass is 1570 g/mol. The van der Waals surface area contributed by atoms with E-state index in [1.807, 2.05) is 0 Å². The molecule has 0 aliphatic rings. The normalized spacial score (nSPS) is 14.5. The second kappa shape index (κ2) is 83.1. The Hall–Kier alpha value is -4.31. The number of aliphatic hydroxyl groups excluding tert-OH is 2. The molecule has 0 amide bonds. The molecule has 0 saturated heterocycles. The lowest BCUT2D eigenvalue weighted by Gasteiger charge is -2.21. The Balaban J connectivity index is 4.51. The SMILES string of the molecule is CC/C=C\C/C=C\C/C=C\CCCCCCCC(=O)OC(COC(=O)CCCCCCCCCCCCCCC/C=C\C/C=C\C/C=C\C/C=C\CCCCC)COP(=O)(O)OCC(O)COP(=O)(O)OCC(O)COC(=O)CCCCCCCCCCCCCCC/C=C\C/C=C\C/C=C\C/C=C\CCCCC. The van der Waals surface area contributed by atoms with Gasteiger partial charge in [-0.15, -0.1) is 0 Å². The molecule has 0 spiro atoms. The van der Waals surface area contributed by atoms with Crippen molar-refractivity contribution in [2.45, 2.75) is 386 Å². The van der Waals surface area contributed by atoms with Crippen LogP contribution in [-0.2, 0) is 55.8 Å². The van der Waals surface area contributed by atoms with E-state index >= 15 is 0 Å². The first-order valence-electron chi connectivity index (χ1n) is 43.5. The Labute approximate surface area is 665 Å². The summed E-state index contributed by atoms with van der Waals surface area (Å²) in [6.07, 6.45) is 102. The molecule has 0 aliphatic carbocycles. The Kier molecular flexibility index (Phi) is 79.8. The number of ether oxygens (including phenoxy) is 3. The Bertz CT molecular complexity index is 2510. The maximum absolute atomic E-state index is 13.0. The van der Waals surface area contributed by atoms with Crippen molar-refractivity contribution in [2.75, 3.05) is 39.6 Å². The number of phosphoric ester groups is 2. The minimum absolute atomic E-state index is 0.0833. The van der Waals surface area contributed by atoms with E-state index in [1.54, 1.807) is 0 Å². The summed E-state index contributed by atoms with van der Waals surface area (Å²) in [5, 5.41) is 20.7. The molecule has 0 aromatic rings. The maximum atomic E-state index is 13.0. The van der Waals surface area contributed by atoms with Crippen LogP contribution >= 0.6 is 15.6 Å². The summed E-state index contributed by atoms with van der Waals surface area (Å²) in [6, 6.07) is 0. The highest BCUT2D eigenvalue weighted by Gasteiger charge is 2.29. The van der Waals surface area contributed by atoms with Gasteiger partial charge in [-0.25, -0.2) is 9.13 Å². The van der Waals surface area contributed by atoms with Gasteiger partial charge < -0.3 is 34.2 Å². The van der Waals surface area contributed by atoms with Crippen molar-refractivity contribution < 1.29 is 75.8 Å². The van der Waals surface area contributed by atoms with Gasteiger partial charge >= 0.3 is 33.6 Å². The second-order valence-corrected chi connectivity index (χ2v) is 31.9. The van der Waals surface area contributed by atoms with Crippen molar-refractivity contribution in [3.05, 3.63) is 134 Å². The van der Waals surface area contributed by atoms with E-state index in [-0.39, 0.29) is 19.3 Å². The van der Waals surface area contributed by atoms with Crippen LogP contribution in [0.5, 0.6) is 0 Å². The summed E-state index contributed by atoms with van der Waals surface area (Å²) >= 11 is 0. The van der Waals surface area contributed by atoms with Gasteiger partial charge in [0.05, 0.1) is 26.4 Å². The minimum atomic E-state index is -4.94. The summed E-state index contributed by atoms with van der Waals surface area (Å²) < 4.78 is 61.3. The molecule has 5 atom stereocenters. The van der Waals surface area contributed by atoms with Gasteiger partial charge in [-0.1, -0.05) is 341 Å². The molecule has 18 heteroatoms. The number of aliphatic hydroxyl groups is 2. The minimum Gasteiger partial charge on any atom is -0.463 e. The fourth-order valence-corrected chi connectivity index (χ4v) is 13.3. The van der Waals surface area contributed by atoms with Crippen LogP contribution in [0.3, 0.4) is 0 Å². The fraction of sp³-hybridized carbons (Fsp3) is 0.725. The van der Waals surface area contributed by atoms with Crippen molar-refractivity contribution in [2.24, 2.45) is 0 Å². The van der Waals surface area contributed by atoms with Crippen LogP contribution in [0.15, 0.2) is 134 Å². The Morgan fingerprint density at radius 2 is 0.486 bits per heavy atom. The Morgan fingerprint density at radius 3 is 0.771 bits per heavy atom. The molecule has 0 aromatic carbocycles. The molecule has 109 heavy (non-hydrogen) atoms. The summed E-state index contributed by atoms with van der Waals surface area (Å²) in [6.45, 7) is 2.53. The molecule has 0 heterocycles. The van der Waals surface area contributed by atoms with E-state index in [0.717, 1.165) is 148 Å². The van der Waals surface area contributed by atoms with Gasteiger partial charge in [-0.3, -0.25) is 32.5 Å². The highest BCUT2D eigenvalue weighted by Crippen LogP contribution is 2.45.